The van der Waals surface area contributed by atoms with E-state index in [4.69, 9.17) is 4.98 Å². The fraction of sp³-hybridized carbons (Fsp3) is 0.435. The maximum Gasteiger partial charge on any atom is 0.124 e. The topological polar surface area (TPSA) is 44.5 Å². The highest BCUT2D eigenvalue weighted by Gasteiger charge is 2.38. The van der Waals surface area contributed by atoms with Crippen molar-refractivity contribution in [2.24, 2.45) is 0 Å². The van der Waals surface area contributed by atoms with Crippen molar-refractivity contribution < 1.29 is 5.11 Å². The molecule has 0 spiro atoms. The Balaban J connectivity index is 1.44. The van der Waals surface area contributed by atoms with E-state index >= 15 is 0 Å². The Morgan fingerprint density at radius 3 is 2.61 bits per heavy atom. The zero-order chi connectivity index (χ0) is 19.1. The van der Waals surface area contributed by atoms with Crippen LogP contribution in [0, 0.1) is 0 Å². The largest absolute Gasteiger partial charge is 0.392 e. The second-order valence-electron chi connectivity index (χ2n) is 8.36. The molecular formula is C23H28N4O. The van der Waals surface area contributed by atoms with Crippen LogP contribution < -0.4 is 0 Å². The van der Waals surface area contributed by atoms with E-state index in [0.717, 1.165) is 50.5 Å². The molecule has 0 radical (unpaired) electrons. The number of hydrogen-bond donors (Lipinski definition) is 1. The molecule has 5 rings (SSSR count). The van der Waals surface area contributed by atoms with Gasteiger partial charge in [0.05, 0.1) is 23.7 Å². The van der Waals surface area contributed by atoms with Gasteiger partial charge >= 0.3 is 0 Å². The summed E-state index contributed by atoms with van der Waals surface area (Å²) in [6, 6.07) is 20.0. The van der Waals surface area contributed by atoms with Crippen LogP contribution in [0.2, 0.25) is 0 Å². The van der Waals surface area contributed by atoms with Gasteiger partial charge in [-0.2, -0.15) is 0 Å². The average Bonchev–Trinajstić information content (AvgIpc) is 3.22. The molecule has 0 bridgehead atoms. The van der Waals surface area contributed by atoms with Crippen molar-refractivity contribution >= 4 is 11.0 Å². The normalized spacial score (nSPS) is 26.0. The smallest absolute Gasteiger partial charge is 0.124 e. The molecule has 5 heteroatoms. The van der Waals surface area contributed by atoms with E-state index in [9.17, 15) is 5.11 Å². The molecule has 146 valence electrons. The molecule has 2 aliphatic rings. The number of para-hydroxylation sites is 2. The maximum atomic E-state index is 10.0. The number of fused-ring (bicyclic) bond motifs is 2. The minimum absolute atomic E-state index is 0.167. The van der Waals surface area contributed by atoms with Crippen molar-refractivity contribution in [2.45, 2.75) is 44.6 Å². The number of aliphatic hydroxyl groups is 1. The molecule has 28 heavy (non-hydrogen) atoms. The molecule has 2 fully saturated rings. The quantitative estimate of drug-likeness (QED) is 0.760. The number of imidazole rings is 1. The van der Waals surface area contributed by atoms with E-state index in [-0.39, 0.29) is 6.10 Å². The van der Waals surface area contributed by atoms with Gasteiger partial charge in [0, 0.05) is 38.3 Å². The lowest BCUT2D eigenvalue weighted by molar-refractivity contribution is 0.0505. The van der Waals surface area contributed by atoms with Crippen LogP contribution in [0.4, 0.5) is 0 Å². The van der Waals surface area contributed by atoms with Crippen molar-refractivity contribution in [2.75, 3.05) is 19.6 Å². The zero-order valence-electron chi connectivity index (χ0n) is 16.4. The average molecular weight is 377 g/mol. The lowest BCUT2D eigenvalue weighted by atomic mass is 10.1. The SMILES string of the molecule is C[C@H]1CN2C[C@H](O)C[C@@H]2CN1Cc1nc2ccccc2n1Cc1ccccc1. The molecule has 2 saturated heterocycles. The predicted molar refractivity (Wildman–Crippen MR) is 111 cm³/mol. The minimum Gasteiger partial charge on any atom is -0.392 e. The van der Waals surface area contributed by atoms with Crippen LogP contribution in [0.5, 0.6) is 0 Å². The summed E-state index contributed by atoms with van der Waals surface area (Å²) in [5.41, 5.74) is 3.56. The van der Waals surface area contributed by atoms with Crippen molar-refractivity contribution in [3.05, 3.63) is 66.0 Å². The van der Waals surface area contributed by atoms with E-state index < -0.39 is 0 Å². The predicted octanol–water partition coefficient (Wildman–Crippen LogP) is 2.72. The number of piperazine rings is 1. The van der Waals surface area contributed by atoms with Crippen molar-refractivity contribution in [1.29, 1.82) is 0 Å². The van der Waals surface area contributed by atoms with Crippen molar-refractivity contribution in [3.8, 4) is 0 Å². The Labute approximate surface area is 166 Å². The molecule has 1 aromatic heterocycles. The summed E-state index contributed by atoms with van der Waals surface area (Å²) in [7, 11) is 0. The molecule has 5 nitrogen and oxygen atoms in total. The van der Waals surface area contributed by atoms with Crippen molar-refractivity contribution in [1.82, 2.24) is 19.4 Å². The molecule has 0 saturated carbocycles. The molecule has 3 aromatic rings. The highest BCUT2D eigenvalue weighted by molar-refractivity contribution is 5.76. The van der Waals surface area contributed by atoms with Gasteiger partial charge < -0.3 is 9.67 Å². The molecule has 0 unspecified atom stereocenters. The lowest BCUT2D eigenvalue weighted by Gasteiger charge is -2.42. The summed E-state index contributed by atoms with van der Waals surface area (Å²) in [4.78, 5) is 10.00. The number of rotatable bonds is 4. The van der Waals surface area contributed by atoms with Crippen LogP contribution in [0.1, 0.15) is 24.7 Å². The number of aromatic nitrogens is 2. The van der Waals surface area contributed by atoms with Gasteiger partial charge in [-0.05, 0) is 31.0 Å². The third-order valence-electron chi connectivity index (χ3n) is 6.33. The van der Waals surface area contributed by atoms with Crippen LogP contribution in [0.3, 0.4) is 0 Å². The first-order chi connectivity index (χ1) is 13.7. The van der Waals surface area contributed by atoms with Crippen LogP contribution in [-0.2, 0) is 13.1 Å². The number of benzene rings is 2. The summed E-state index contributed by atoms with van der Waals surface area (Å²) in [5.74, 6) is 1.13. The van der Waals surface area contributed by atoms with Crippen molar-refractivity contribution in [3.63, 3.8) is 0 Å². The highest BCUT2D eigenvalue weighted by Crippen LogP contribution is 2.27. The van der Waals surface area contributed by atoms with Gasteiger partial charge in [-0.25, -0.2) is 4.98 Å². The molecule has 0 aliphatic carbocycles. The van der Waals surface area contributed by atoms with E-state index in [1.807, 2.05) is 0 Å². The highest BCUT2D eigenvalue weighted by atomic mass is 16.3. The van der Waals surface area contributed by atoms with Gasteiger partial charge in [-0.1, -0.05) is 42.5 Å². The first-order valence-corrected chi connectivity index (χ1v) is 10.3. The first kappa shape index (κ1) is 17.9. The van der Waals surface area contributed by atoms with E-state index in [1.165, 1.54) is 11.1 Å². The first-order valence-electron chi connectivity index (χ1n) is 10.3. The van der Waals surface area contributed by atoms with Gasteiger partial charge in [-0.3, -0.25) is 9.80 Å². The second kappa shape index (κ2) is 7.32. The summed E-state index contributed by atoms with van der Waals surface area (Å²) >= 11 is 0. The fourth-order valence-corrected chi connectivity index (χ4v) is 4.87. The Morgan fingerprint density at radius 1 is 0.964 bits per heavy atom. The molecule has 0 amide bonds. The lowest BCUT2D eigenvalue weighted by Crippen LogP contribution is -2.54. The third-order valence-corrected chi connectivity index (χ3v) is 6.33. The minimum atomic E-state index is -0.167. The Morgan fingerprint density at radius 2 is 1.75 bits per heavy atom. The number of aliphatic hydroxyl groups excluding tert-OH is 1. The molecule has 2 aliphatic heterocycles. The molecule has 1 N–H and O–H groups in total. The third kappa shape index (κ3) is 3.34. The molecule has 3 heterocycles. The van der Waals surface area contributed by atoms with Gasteiger partial charge in [0.2, 0.25) is 0 Å². The Kier molecular flexibility index (Phi) is 4.67. The van der Waals surface area contributed by atoms with Gasteiger partial charge in [0.15, 0.2) is 0 Å². The summed E-state index contributed by atoms with van der Waals surface area (Å²) in [6.45, 7) is 6.85. The van der Waals surface area contributed by atoms with Crippen LogP contribution in [-0.4, -0.2) is 62.3 Å². The van der Waals surface area contributed by atoms with Gasteiger partial charge in [0.25, 0.3) is 0 Å². The van der Waals surface area contributed by atoms with E-state index in [2.05, 4.69) is 75.9 Å². The summed E-state index contributed by atoms with van der Waals surface area (Å²) in [6.07, 6.45) is 0.726. The number of hydrogen-bond acceptors (Lipinski definition) is 4. The zero-order valence-corrected chi connectivity index (χ0v) is 16.4. The van der Waals surface area contributed by atoms with Crippen LogP contribution in [0.15, 0.2) is 54.6 Å². The van der Waals surface area contributed by atoms with Crippen LogP contribution >= 0.6 is 0 Å². The standard InChI is InChI=1S/C23H28N4O/c1-17-12-26-15-20(28)11-19(26)14-25(17)16-23-24-21-9-5-6-10-22(21)27(23)13-18-7-3-2-4-8-18/h2-10,17,19-20,28H,11-16H2,1H3/t17-,19+,20+/m0/s1. The van der Waals surface area contributed by atoms with Gasteiger partial charge in [0.1, 0.15) is 5.82 Å². The molecule has 2 aromatic carbocycles. The molecular weight excluding hydrogens is 348 g/mol. The van der Waals surface area contributed by atoms with E-state index in [0.29, 0.717) is 12.1 Å². The van der Waals surface area contributed by atoms with Gasteiger partial charge in [-0.15, -0.1) is 0 Å². The summed E-state index contributed by atoms with van der Waals surface area (Å²) in [5, 5.41) is 10.0. The molecule has 3 atom stereocenters. The second-order valence-corrected chi connectivity index (χ2v) is 8.36. The Hall–Kier alpha value is -2.21. The fourth-order valence-electron chi connectivity index (χ4n) is 4.87. The maximum absolute atomic E-state index is 10.0. The monoisotopic (exact) mass is 376 g/mol. The van der Waals surface area contributed by atoms with E-state index in [1.54, 1.807) is 0 Å². The number of nitrogens with zero attached hydrogens (tertiary/aromatic N) is 4. The van der Waals surface area contributed by atoms with Crippen LogP contribution in [0.25, 0.3) is 11.0 Å². The summed E-state index contributed by atoms with van der Waals surface area (Å²) < 4.78 is 2.37. The Bertz CT molecular complexity index is 954.